The maximum absolute atomic E-state index is 5.43. The molecule has 2 heteroatoms. The summed E-state index contributed by atoms with van der Waals surface area (Å²) in [6, 6.07) is 8.78. The predicted molar refractivity (Wildman–Crippen MR) is 69.0 cm³/mol. The number of benzene rings is 1. The molecule has 0 heterocycles. The van der Waals surface area contributed by atoms with Gasteiger partial charge in [0.2, 0.25) is 0 Å². The molecule has 16 heavy (non-hydrogen) atoms. The van der Waals surface area contributed by atoms with Gasteiger partial charge >= 0.3 is 0 Å². The molecule has 0 saturated carbocycles. The topological polar surface area (TPSA) is 21.3 Å². The average molecular weight is 219 g/mol. The summed E-state index contributed by atoms with van der Waals surface area (Å²) in [5.74, 6) is 0.903. The summed E-state index contributed by atoms with van der Waals surface area (Å²) in [6.07, 6.45) is 2.80. The zero-order valence-electron chi connectivity index (χ0n) is 10.2. The summed E-state index contributed by atoms with van der Waals surface area (Å²) >= 11 is 0. The summed E-state index contributed by atoms with van der Waals surface area (Å²) in [6.45, 7) is 9.53. The molecule has 0 aliphatic carbocycles. The van der Waals surface area contributed by atoms with Crippen molar-refractivity contribution >= 4 is 0 Å². The van der Waals surface area contributed by atoms with E-state index in [0.29, 0.717) is 12.6 Å². The molecular formula is C14H21NO. The standard InChI is InChI=1S/C14H21NO/c1-4-10-16-14-8-6-13(7-9-14)11-12(3)15-5-2/h4,6-9,12,15H,1,5,10-11H2,2-3H3. The minimum atomic E-state index is 0.518. The van der Waals surface area contributed by atoms with E-state index >= 15 is 0 Å². The van der Waals surface area contributed by atoms with E-state index in [1.54, 1.807) is 6.08 Å². The highest BCUT2D eigenvalue weighted by atomic mass is 16.5. The molecule has 0 fully saturated rings. The Morgan fingerprint density at radius 1 is 1.38 bits per heavy atom. The Kier molecular flexibility index (Phi) is 5.65. The fourth-order valence-corrected chi connectivity index (χ4v) is 1.65. The number of likely N-dealkylation sites (N-methyl/N-ethyl adjacent to an activating group) is 1. The first-order valence-corrected chi connectivity index (χ1v) is 5.82. The van der Waals surface area contributed by atoms with Gasteiger partial charge in [0.05, 0.1) is 0 Å². The Balaban J connectivity index is 2.47. The van der Waals surface area contributed by atoms with Crippen molar-refractivity contribution in [2.24, 2.45) is 0 Å². The molecule has 0 spiro atoms. The van der Waals surface area contributed by atoms with Crippen molar-refractivity contribution in [2.75, 3.05) is 13.2 Å². The lowest BCUT2D eigenvalue weighted by molar-refractivity contribution is 0.363. The highest BCUT2D eigenvalue weighted by Gasteiger charge is 2.01. The zero-order valence-corrected chi connectivity index (χ0v) is 10.2. The van der Waals surface area contributed by atoms with Crippen molar-refractivity contribution in [1.29, 1.82) is 0 Å². The minimum Gasteiger partial charge on any atom is -0.490 e. The van der Waals surface area contributed by atoms with Crippen LogP contribution in [0.3, 0.4) is 0 Å². The van der Waals surface area contributed by atoms with Crippen molar-refractivity contribution in [2.45, 2.75) is 26.3 Å². The SMILES string of the molecule is C=CCOc1ccc(CC(C)NCC)cc1. The van der Waals surface area contributed by atoms with Crippen LogP contribution in [-0.4, -0.2) is 19.2 Å². The van der Waals surface area contributed by atoms with Gasteiger partial charge in [-0.15, -0.1) is 0 Å². The fourth-order valence-electron chi connectivity index (χ4n) is 1.65. The van der Waals surface area contributed by atoms with Crippen molar-refractivity contribution in [3.8, 4) is 5.75 Å². The first kappa shape index (κ1) is 12.8. The van der Waals surface area contributed by atoms with E-state index in [2.05, 4.69) is 37.9 Å². The number of ether oxygens (including phenoxy) is 1. The van der Waals surface area contributed by atoms with Crippen LogP contribution in [0.15, 0.2) is 36.9 Å². The molecule has 1 atom stereocenters. The molecule has 0 aromatic heterocycles. The van der Waals surface area contributed by atoms with Gasteiger partial charge in [0.25, 0.3) is 0 Å². The molecule has 1 aromatic carbocycles. The van der Waals surface area contributed by atoms with Gasteiger partial charge in [-0.25, -0.2) is 0 Å². The summed E-state index contributed by atoms with van der Waals surface area (Å²) < 4.78 is 5.43. The third-order valence-electron chi connectivity index (χ3n) is 2.39. The molecule has 0 aliphatic heterocycles. The lowest BCUT2D eigenvalue weighted by Crippen LogP contribution is -2.27. The molecule has 0 saturated heterocycles. The molecule has 88 valence electrons. The van der Waals surface area contributed by atoms with Gasteiger partial charge < -0.3 is 10.1 Å². The highest BCUT2D eigenvalue weighted by molar-refractivity contribution is 5.27. The van der Waals surface area contributed by atoms with Gasteiger partial charge in [-0.05, 0) is 37.6 Å². The maximum Gasteiger partial charge on any atom is 0.119 e. The normalized spacial score (nSPS) is 12.1. The number of nitrogens with one attached hydrogen (secondary N) is 1. The lowest BCUT2D eigenvalue weighted by atomic mass is 10.1. The third kappa shape index (κ3) is 4.49. The van der Waals surface area contributed by atoms with Gasteiger partial charge in [0, 0.05) is 6.04 Å². The van der Waals surface area contributed by atoms with E-state index in [1.165, 1.54) is 5.56 Å². The highest BCUT2D eigenvalue weighted by Crippen LogP contribution is 2.13. The second kappa shape index (κ2) is 7.07. The molecule has 0 radical (unpaired) electrons. The van der Waals surface area contributed by atoms with Crippen molar-refractivity contribution in [3.63, 3.8) is 0 Å². The van der Waals surface area contributed by atoms with Crippen molar-refractivity contribution in [1.82, 2.24) is 5.32 Å². The Bertz CT molecular complexity index is 305. The average Bonchev–Trinajstić information content (AvgIpc) is 2.28. The van der Waals surface area contributed by atoms with Gasteiger partial charge in [0.1, 0.15) is 12.4 Å². The molecule has 1 N–H and O–H groups in total. The van der Waals surface area contributed by atoms with E-state index in [1.807, 2.05) is 12.1 Å². The van der Waals surface area contributed by atoms with Gasteiger partial charge in [-0.3, -0.25) is 0 Å². The van der Waals surface area contributed by atoms with Crippen LogP contribution in [0.25, 0.3) is 0 Å². The van der Waals surface area contributed by atoms with Gasteiger partial charge in [0.15, 0.2) is 0 Å². The van der Waals surface area contributed by atoms with Crippen LogP contribution in [0.1, 0.15) is 19.4 Å². The molecule has 1 unspecified atom stereocenters. The Hall–Kier alpha value is -1.28. The quantitative estimate of drug-likeness (QED) is 0.712. The first-order chi connectivity index (χ1) is 7.76. The summed E-state index contributed by atoms with van der Waals surface area (Å²) in [5, 5.41) is 3.40. The Morgan fingerprint density at radius 2 is 2.06 bits per heavy atom. The Labute approximate surface area is 98.3 Å². The monoisotopic (exact) mass is 219 g/mol. The van der Waals surface area contributed by atoms with E-state index in [0.717, 1.165) is 18.7 Å². The number of hydrogen-bond acceptors (Lipinski definition) is 2. The van der Waals surface area contributed by atoms with Gasteiger partial charge in [-0.2, -0.15) is 0 Å². The summed E-state index contributed by atoms with van der Waals surface area (Å²) in [5.41, 5.74) is 1.33. The van der Waals surface area contributed by atoms with E-state index < -0.39 is 0 Å². The van der Waals surface area contributed by atoms with Crippen molar-refractivity contribution in [3.05, 3.63) is 42.5 Å². The van der Waals surface area contributed by atoms with Crippen LogP contribution in [0.5, 0.6) is 5.75 Å². The molecule has 2 nitrogen and oxygen atoms in total. The molecular weight excluding hydrogens is 198 g/mol. The zero-order chi connectivity index (χ0) is 11.8. The van der Waals surface area contributed by atoms with E-state index in [9.17, 15) is 0 Å². The lowest BCUT2D eigenvalue weighted by Gasteiger charge is -2.12. The molecule has 0 amide bonds. The molecule has 1 rings (SSSR count). The number of rotatable bonds is 7. The Morgan fingerprint density at radius 3 is 2.62 bits per heavy atom. The van der Waals surface area contributed by atoms with Crippen LogP contribution >= 0.6 is 0 Å². The van der Waals surface area contributed by atoms with E-state index in [4.69, 9.17) is 4.74 Å². The smallest absolute Gasteiger partial charge is 0.119 e. The summed E-state index contributed by atoms with van der Waals surface area (Å²) in [7, 11) is 0. The second-order valence-corrected chi connectivity index (χ2v) is 3.91. The molecule has 0 bridgehead atoms. The van der Waals surface area contributed by atoms with Crippen LogP contribution in [0.2, 0.25) is 0 Å². The van der Waals surface area contributed by atoms with Crippen LogP contribution in [0, 0.1) is 0 Å². The minimum absolute atomic E-state index is 0.518. The number of hydrogen-bond donors (Lipinski definition) is 1. The summed E-state index contributed by atoms with van der Waals surface area (Å²) in [4.78, 5) is 0. The van der Waals surface area contributed by atoms with Crippen molar-refractivity contribution < 1.29 is 4.74 Å². The second-order valence-electron chi connectivity index (χ2n) is 3.91. The molecule has 1 aromatic rings. The maximum atomic E-state index is 5.43. The first-order valence-electron chi connectivity index (χ1n) is 5.82. The molecule has 0 aliphatic rings. The van der Waals surface area contributed by atoms with Crippen LogP contribution < -0.4 is 10.1 Å². The van der Waals surface area contributed by atoms with Crippen LogP contribution in [0.4, 0.5) is 0 Å². The van der Waals surface area contributed by atoms with Gasteiger partial charge in [-0.1, -0.05) is 31.7 Å². The fraction of sp³-hybridized carbons (Fsp3) is 0.429. The predicted octanol–water partition coefficient (Wildman–Crippen LogP) is 2.79. The van der Waals surface area contributed by atoms with E-state index in [-0.39, 0.29) is 0 Å². The van der Waals surface area contributed by atoms with Crippen LogP contribution in [-0.2, 0) is 6.42 Å². The third-order valence-corrected chi connectivity index (χ3v) is 2.39. The largest absolute Gasteiger partial charge is 0.490 e.